The van der Waals surface area contributed by atoms with Crippen LogP contribution in [0.3, 0.4) is 0 Å². The summed E-state index contributed by atoms with van der Waals surface area (Å²) < 4.78 is 6.34. The third-order valence-electron chi connectivity index (χ3n) is 9.08. The Morgan fingerprint density at radius 1 is 0.615 bits per heavy atom. The second-order valence-electron chi connectivity index (χ2n) is 11.4. The number of hydrogen-bond donors (Lipinski definition) is 0. The Morgan fingerprint density at radius 2 is 1.36 bits per heavy atom. The molecule has 0 saturated heterocycles. The molecule has 0 bridgehead atoms. The molecule has 0 saturated carbocycles. The van der Waals surface area contributed by atoms with Crippen molar-refractivity contribution < 1.29 is 4.42 Å². The monoisotopic (exact) mass is 504 g/mol. The lowest BCUT2D eigenvalue weighted by atomic mass is 9.80. The number of benzene rings is 3. The van der Waals surface area contributed by atoms with E-state index < -0.39 is 0 Å². The molecule has 0 fully saturated rings. The zero-order chi connectivity index (χ0) is 25.8. The molecule has 39 heavy (non-hydrogen) atoms. The molecule has 1 heterocycles. The molecule has 0 N–H and O–H groups in total. The van der Waals surface area contributed by atoms with Gasteiger partial charge in [-0.15, -0.1) is 0 Å². The van der Waals surface area contributed by atoms with Crippen LogP contribution in [0.25, 0.3) is 39.8 Å². The van der Waals surface area contributed by atoms with Crippen molar-refractivity contribution >= 4 is 39.8 Å². The SMILES string of the molecule is C1=Cc2ccc(C3=CC4=C(C=C(c5ccc(C6=c7oc8ccccc8c7=CCC6)cc5)CC4)CC3)cc2CC1. The molecule has 190 valence electrons. The van der Waals surface area contributed by atoms with Gasteiger partial charge >= 0.3 is 0 Å². The van der Waals surface area contributed by atoms with Gasteiger partial charge in [-0.1, -0.05) is 91.0 Å². The molecular weight excluding hydrogens is 472 g/mol. The Hall–Kier alpha value is -4.10. The maximum Gasteiger partial charge on any atom is 0.138 e. The van der Waals surface area contributed by atoms with Crippen molar-refractivity contribution in [1.82, 2.24) is 0 Å². The van der Waals surface area contributed by atoms with Crippen LogP contribution in [0.1, 0.15) is 72.8 Å². The lowest BCUT2D eigenvalue weighted by Crippen LogP contribution is -2.26. The molecule has 1 heteroatoms. The molecule has 0 unspecified atom stereocenters. The Bertz CT molecular complexity index is 1880. The van der Waals surface area contributed by atoms with Crippen molar-refractivity contribution in [3.63, 3.8) is 0 Å². The molecule has 4 aliphatic carbocycles. The number of furan rings is 1. The molecule has 8 rings (SSSR count). The van der Waals surface area contributed by atoms with Crippen LogP contribution in [0, 0.1) is 0 Å². The number of aryl methyl sites for hydroxylation is 1. The summed E-state index contributed by atoms with van der Waals surface area (Å²) in [6, 6.07) is 24.8. The van der Waals surface area contributed by atoms with Gasteiger partial charge in [0, 0.05) is 16.2 Å². The van der Waals surface area contributed by atoms with Gasteiger partial charge in [0.15, 0.2) is 0 Å². The van der Waals surface area contributed by atoms with E-state index in [9.17, 15) is 0 Å². The average Bonchev–Trinajstić information content (AvgIpc) is 3.39. The molecule has 0 aliphatic heterocycles. The highest BCUT2D eigenvalue weighted by Gasteiger charge is 2.20. The first-order chi connectivity index (χ1) is 19.3. The Balaban J connectivity index is 1.09. The predicted molar refractivity (Wildman–Crippen MR) is 163 cm³/mol. The molecule has 4 aromatic rings. The van der Waals surface area contributed by atoms with E-state index in [-0.39, 0.29) is 0 Å². The number of fused-ring (bicyclic) bond motifs is 4. The van der Waals surface area contributed by atoms with Gasteiger partial charge in [0.2, 0.25) is 0 Å². The summed E-state index contributed by atoms with van der Waals surface area (Å²) in [6.07, 6.45) is 20.8. The van der Waals surface area contributed by atoms with Crippen molar-refractivity contribution in [3.05, 3.63) is 135 Å². The van der Waals surface area contributed by atoms with Gasteiger partial charge in [0.25, 0.3) is 0 Å². The summed E-state index contributed by atoms with van der Waals surface area (Å²) in [5.74, 6) is 0. The average molecular weight is 505 g/mol. The van der Waals surface area contributed by atoms with Crippen LogP contribution in [0.5, 0.6) is 0 Å². The van der Waals surface area contributed by atoms with Crippen LogP contribution < -0.4 is 10.6 Å². The van der Waals surface area contributed by atoms with E-state index in [0.29, 0.717) is 0 Å². The maximum absolute atomic E-state index is 6.34. The largest absolute Gasteiger partial charge is 0.456 e. The molecule has 0 spiro atoms. The summed E-state index contributed by atoms with van der Waals surface area (Å²) in [5.41, 5.74) is 16.4. The lowest BCUT2D eigenvalue weighted by Gasteiger charge is -2.25. The summed E-state index contributed by atoms with van der Waals surface area (Å²) >= 11 is 0. The van der Waals surface area contributed by atoms with E-state index >= 15 is 0 Å². The lowest BCUT2D eigenvalue weighted by molar-refractivity contribution is 0.568. The summed E-state index contributed by atoms with van der Waals surface area (Å²) in [6.45, 7) is 0. The van der Waals surface area contributed by atoms with Crippen molar-refractivity contribution in [3.8, 4) is 0 Å². The highest BCUT2D eigenvalue weighted by Crippen LogP contribution is 2.40. The van der Waals surface area contributed by atoms with Crippen LogP contribution in [0.2, 0.25) is 0 Å². The first-order valence-electron chi connectivity index (χ1n) is 14.5. The topological polar surface area (TPSA) is 13.1 Å². The van der Waals surface area contributed by atoms with Gasteiger partial charge in [-0.05, 0) is 108 Å². The fourth-order valence-corrected chi connectivity index (χ4v) is 6.97. The second-order valence-corrected chi connectivity index (χ2v) is 11.4. The maximum atomic E-state index is 6.34. The van der Waals surface area contributed by atoms with E-state index in [4.69, 9.17) is 4.42 Å². The van der Waals surface area contributed by atoms with Crippen LogP contribution in [-0.2, 0) is 6.42 Å². The third kappa shape index (κ3) is 4.00. The van der Waals surface area contributed by atoms with Crippen LogP contribution >= 0.6 is 0 Å². The zero-order valence-electron chi connectivity index (χ0n) is 22.3. The Morgan fingerprint density at radius 3 is 2.21 bits per heavy atom. The molecular formula is C38H32O. The smallest absolute Gasteiger partial charge is 0.138 e. The van der Waals surface area contributed by atoms with Crippen molar-refractivity contribution in [2.24, 2.45) is 0 Å². The molecule has 4 aliphatic rings. The van der Waals surface area contributed by atoms with Crippen molar-refractivity contribution in [2.75, 3.05) is 0 Å². The van der Waals surface area contributed by atoms with Crippen LogP contribution in [0.15, 0.2) is 101 Å². The highest BCUT2D eigenvalue weighted by molar-refractivity contribution is 5.82. The summed E-state index contributed by atoms with van der Waals surface area (Å²) in [4.78, 5) is 0. The van der Waals surface area contributed by atoms with E-state index in [1.165, 1.54) is 67.1 Å². The number of hydrogen-bond acceptors (Lipinski definition) is 1. The van der Waals surface area contributed by atoms with Crippen LogP contribution in [0.4, 0.5) is 0 Å². The summed E-state index contributed by atoms with van der Waals surface area (Å²) in [5, 5.41) is 2.49. The van der Waals surface area contributed by atoms with Gasteiger partial charge in [0.1, 0.15) is 11.0 Å². The fourth-order valence-electron chi connectivity index (χ4n) is 6.97. The first kappa shape index (κ1) is 22.8. The molecule has 0 amide bonds. The van der Waals surface area contributed by atoms with Gasteiger partial charge in [0.05, 0.1) is 0 Å². The fraction of sp³-hybridized carbons (Fsp3) is 0.211. The van der Waals surface area contributed by atoms with Crippen molar-refractivity contribution in [1.29, 1.82) is 0 Å². The zero-order valence-corrected chi connectivity index (χ0v) is 22.3. The number of rotatable bonds is 3. The predicted octanol–water partition coefficient (Wildman–Crippen LogP) is 8.52. The minimum absolute atomic E-state index is 0.986. The van der Waals surface area contributed by atoms with Crippen LogP contribution in [-0.4, -0.2) is 0 Å². The molecule has 0 radical (unpaired) electrons. The van der Waals surface area contributed by atoms with E-state index in [2.05, 4.69) is 97.1 Å². The highest BCUT2D eigenvalue weighted by atomic mass is 16.3. The van der Waals surface area contributed by atoms with Gasteiger partial charge < -0.3 is 4.42 Å². The third-order valence-corrected chi connectivity index (χ3v) is 9.08. The van der Waals surface area contributed by atoms with E-state index in [0.717, 1.165) is 55.9 Å². The molecule has 3 aromatic carbocycles. The minimum Gasteiger partial charge on any atom is -0.456 e. The van der Waals surface area contributed by atoms with E-state index in [1.54, 1.807) is 5.57 Å². The van der Waals surface area contributed by atoms with E-state index in [1.807, 2.05) is 0 Å². The summed E-state index contributed by atoms with van der Waals surface area (Å²) in [7, 11) is 0. The van der Waals surface area contributed by atoms with Gasteiger partial charge in [-0.2, -0.15) is 0 Å². The quantitative estimate of drug-likeness (QED) is 0.273. The molecule has 0 atom stereocenters. The Kier molecular flexibility index (Phi) is 5.43. The second kappa shape index (κ2) is 9.27. The van der Waals surface area contributed by atoms with Gasteiger partial charge in [-0.25, -0.2) is 0 Å². The number of para-hydroxylation sites is 1. The molecule has 1 nitrogen and oxygen atoms in total. The van der Waals surface area contributed by atoms with Gasteiger partial charge in [-0.3, -0.25) is 0 Å². The minimum atomic E-state index is 0.986. The standard InChI is InChI=1S/C38H32O/c1-2-7-28-22-30(17-14-25(28)6-1)33-21-20-31-23-29(18-19-32(31)24-33)26-12-15-27(16-13-26)34-9-5-10-36-35-8-3-4-11-37(35)39-38(34)36/h1,3-4,6,8,10-17,22-24H,2,5,7,9,18-21H2. The van der Waals surface area contributed by atoms with Crippen molar-refractivity contribution in [2.45, 2.75) is 51.4 Å². The number of allylic oxidation sites excluding steroid dienone is 7. The first-order valence-corrected chi connectivity index (χ1v) is 14.5. The Labute approximate surface area is 229 Å². The molecule has 1 aromatic heterocycles. The normalized spacial score (nSPS) is 18.2.